The van der Waals surface area contributed by atoms with Crippen LogP contribution in [0.5, 0.6) is 0 Å². The molecule has 1 heterocycles. The zero-order valence-electron chi connectivity index (χ0n) is 7.44. The summed E-state index contributed by atoms with van der Waals surface area (Å²) in [4.78, 5) is 25.6. The van der Waals surface area contributed by atoms with Crippen LogP contribution in [-0.4, -0.2) is 30.6 Å². The topological polar surface area (TPSA) is 80.3 Å². The number of amides is 2. The zero-order valence-corrected chi connectivity index (χ0v) is 8.26. The third-order valence-corrected chi connectivity index (χ3v) is 1.95. The van der Waals surface area contributed by atoms with E-state index in [-0.39, 0.29) is 12.5 Å². The van der Waals surface area contributed by atoms with Crippen LogP contribution < -0.4 is 10.6 Å². The van der Waals surface area contributed by atoms with Gasteiger partial charge in [-0.25, -0.2) is 9.78 Å². The Bertz CT molecular complexity index is 312. The number of anilines is 1. The molecule has 1 rings (SSSR count). The Morgan fingerprint density at radius 2 is 2.43 bits per heavy atom. The van der Waals surface area contributed by atoms with Gasteiger partial charge in [-0.15, -0.1) is 11.3 Å². The van der Waals surface area contributed by atoms with Crippen molar-refractivity contribution in [3.05, 3.63) is 11.6 Å². The molecule has 6 nitrogen and oxygen atoms in total. The molecule has 0 aromatic carbocycles. The van der Waals surface area contributed by atoms with E-state index in [0.29, 0.717) is 5.13 Å². The van der Waals surface area contributed by atoms with Crippen molar-refractivity contribution in [2.24, 2.45) is 0 Å². The van der Waals surface area contributed by atoms with Crippen LogP contribution in [0.4, 0.5) is 9.93 Å². The number of alkyl carbamates (subject to hydrolysis) is 1. The van der Waals surface area contributed by atoms with Gasteiger partial charge >= 0.3 is 6.09 Å². The van der Waals surface area contributed by atoms with E-state index in [2.05, 4.69) is 20.4 Å². The smallest absolute Gasteiger partial charge is 0.407 e. The van der Waals surface area contributed by atoms with Gasteiger partial charge in [-0.2, -0.15) is 0 Å². The standard InChI is InChI=1S/C7H9N3O3S/c1-13-7(12)9-4-5(11)10-6-8-2-3-14-6/h2-3H,4H2,1H3,(H,9,12)(H,8,10,11). The van der Waals surface area contributed by atoms with Crippen LogP contribution in [0.2, 0.25) is 0 Å². The first-order valence-electron chi connectivity index (χ1n) is 3.73. The lowest BCUT2D eigenvalue weighted by Gasteiger charge is -2.02. The molecule has 7 heteroatoms. The molecule has 0 fully saturated rings. The highest BCUT2D eigenvalue weighted by molar-refractivity contribution is 7.13. The summed E-state index contributed by atoms with van der Waals surface area (Å²) in [5, 5.41) is 6.99. The zero-order chi connectivity index (χ0) is 10.4. The van der Waals surface area contributed by atoms with Crippen LogP contribution in [0.3, 0.4) is 0 Å². The van der Waals surface area contributed by atoms with E-state index in [1.165, 1.54) is 18.4 Å². The lowest BCUT2D eigenvalue weighted by atomic mass is 10.6. The van der Waals surface area contributed by atoms with Crippen molar-refractivity contribution >= 4 is 28.5 Å². The molecule has 14 heavy (non-hydrogen) atoms. The van der Waals surface area contributed by atoms with E-state index < -0.39 is 6.09 Å². The molecule has 0 saturated heterocycles. The van der Waals surface area contributed by atoms with Crippen molar-refractivity contribution in [1.29, 1.82) is 0 Å². The Balaban J connectivity index is 2.26. The van der Waals surface area contributed by atoms with Gasteiger partial charge in [0.2, 0.25) is 5.91 Å². The van der Waals surface area contributed by atoms with Gasteiger partial charge in [0.1, 0.15) is 6.54 Å². The summed E-state index contributed by atoms with van der Waals surface area (Å²) in [5.41, 5.74) is 0. The summed E-state index contributed by atoms with van der Waals surface area (Å²) in [5.74, 6) is -0.342. The first-order chi connectivity index (χ1) is 6.72. The fourth-order valence-corrected chi connectivity index (χ4v) is 1.22. The molecule has 0 radical (unpaired) electrons. The number of carbonyl (C=O) groups is 2. The highest BCUT2D eigenvalue weighted by atomic mass is 32.1. The van der Waals surface area contributed by atoms with Gasteiger partial charge in [0, 0.05) is 11.6 Å². The summed E-state index contributed by atoms with van der Waals surface area (Å²) < 4.78 is 4.29. The highest BCUT2D eigenvalue weighted by Gasteiger charge is 2.05. The summed E-state index contributed by atoms with van der Waals surface area (Å²) >= 11 is 1.30. The Morgan fingerprint density at radius 1 is 1.64 bits per heavy atom. The summed E-state index contributed by atoms with van der Waals surface area (Å²) in [6, 6.07) is 0. The number of hydrogen-bond acceptors (Lipinski definition) is 5. The first-order valence-corrected chi connectivity index (χ1v) is 4.61. The van der Waals surface area contributed by atoms with Crippen molar-refractivity contribution < 1.29 is 14.3 Å². The number of carbonyl (C=O) groups excluding carboxylic acids is 2. The van der Waals surface area contributed by atoms with Crippen molar-refractivity contribution in [2.45, 2.75) is 0 Å². The van der Waals surface area contributed by atoms with Gasteiger partial charge in [0.25, 0.3) is 0 Å². The van der Waals surface area contributed by atoms with Crippen molar-refractivity contribution in [3.8, 4) is 0 Å². The maximum atomic E-state index is 11.1. The van der Waals surface area contributed by atoms with Gasteiger partial charge in [0.15, 0.2) is 5.13 Å². The third kappa shape index (κ3) is 3.40. The van der Waals surface area contributed by atoms with Crippen LogP contribution in [0.15, 0.2) is 11.6 Å². The highest BCUT2D eigenvalue weighted by Crippen LogP contribution is 2.09. The lowest BCUT2D eigenvalue weighted by molar-refractivity contribution is -0.115. The Kier molecular flexibility index (Phi) is 3.86. The minimum absolute atomic E-state index is 0.133. The number of methoxy groups -OCH3 is 1. The third-order valence-electron chi connectivity index (χ3n) is 1.26. The lowest BCUT2D eigenvalue weighted by Crippen LogP contribution is -2.32. The van der Waals surface area contributed by atoms with E-state index in [1.807, 2.05) is 0 Å². The monoisotopic (exact) mass is 215 g/mol. The second-order valence-corrected chi connectivity index (χ2v) is 3.13. The average Bonchev–Trinajstić information content (AvgIpc) is 2.66. The molecule has 0 aliphatic rings. The van der Waals surface area contributed by atoms with Crippen molar-refractivity contribution in [3.63, 3.8) is 0 Å². The van der Waals surface area contributed by atoms with Gasteiger partial charge in [0.05, 0.1) is 7.11 Å². The van der Waals surface area contributed by atoms with Crippen molar-refractivity contribution in [2.75, 3.05) is 19.0 Å². The maximum absolute atomic E-state index is 11.1. The van der Waals surface area contributed by atoms with Gasteiger partial charge < -0.3 is 15.4 Å². The van der Waals surface area contributed by atoms with Gasteiger partial charge in [-0.3, -0.25) is 4.79 Å². The Labute approximate surface area is 84.3 Å². The molecular weight excluding hydrogens is 206 g/mol. The maximum Gasteiger partial charge on any atom is 0.407 e. The number of nitrogens with one attached hydrogen (secondary N) is 2. The number of thiazole rings is 1. The molecule has 0 spiro atoms. The fourth-order valence-electron chi connectivity index (χ4n) is 0.673. The summed E-state index contributed by atoms with van der Waals surface area (Å²) in [7, 11) is 1.23. The van der Waals surface area contributed by atoms with E-state index in [9.17, 15) is 9.59 Å². The van der Waals surface area contributed by atoms with E-state index in [4.69, 9.17) is 0 Å². The number of ether oxygens (including phenoxy) is 1. The summed E-state index contributed by atoms with van der Waals surface area (Å²) in [6.07, 6.45) is 0.938. The first kappa shape index (κ1) is 10.5. The van der Waals surface area contributed by atoms with Crippen LogP contribution in [-0.2, 0) is 9.53 Å². The molecule has 0 aliphatic heterocycles. The SMILES string of the molecule is COC(=O)NCC(=O)Nc1nccs1. The predicted octanol–water partition coefficient (Wildman–Crippen LogP) is 0.438. The Morgan fingerprint density at radius 3 is 3.00 bits per heavy atom. The van der Waals surface area contributed by atoms with E-state index in [0.717, 1.165) is 0 Å². The fraction of sp³-hybridized carbons (Fsp3) is 0.286. The van der Waals surface area contributed by atoms with Crippen LogP contribution >= 0.6 is 11.3 Å². The molecule has 2 N–H and O–H groups in total. The largest absolute Gasteiger partial charge is 0.453 e. The van der Waals surface area contributed by atoms with Gasteiger partial charge in [-0.1, -0.05) is 0 Å². The van der Waals surface area contributed by atoms with Crippen LogP contribution in [0.25, 0.3) is 0 Å². The number of nitrogens with zero attached hydrogens (tertiary/aromatic N) is 1. The van der Waals surface area contributed by atoms with Gasteiger partial charge in [-0.05, 0) is 0 Å². The average molecular weight is 215 g/mol. The number of rotatable bonds is 3. The number of hydrogen-bond donors (Lipinski definition) is 2. The molecule has 76 valence electrons. The summed E-state index contributed by atoms with van der Waals surface area (Å²) in [6.45, 7) is -0.133. The predicted molar refractivity (Wildman–Crippen MR) is 51.2 cm³/mol. The molecule has 0 saturated carbocycles. The second kappa shape index (κ2) is 5.18. The molecule has 1 aromatic rings. The molecule has 0 bridgehead atoms. The second-order valence-electron chi connectivity index (χ2n) is 2.23. The van der Waals surface area contributed by atoms with E-state index >= 15 is 0 Å². The molecule has 2 amide bonds. The normalized spacial score (nSPS) is 9.21. The van der Waals surface area contributed by atoms with Crippen molar-refractivity contribution in [1.82, 2.24) is 10.3 Å². The van der Waals surface area contributed by atoms with E-state index in [1.54, 1.807) is 11.6 Å². The Hall–Kier alpha value is -1.63. The molecule has 0 atom stereocenters. The molecule has 1 aromatic heterocycles. The van der Waals surface area contributed by atoms with Crippen LogP contribution in [0, 0.1) is 0 Å². The number of aromatic nitrogens is 1. The molecule has 0 unspecified atom stereocenters. The molecule has 0 aliphatic carbocycles. The quantitative estimate of drug-likeness (QED) is 0.766. The minimum Gasteiger partial charge on any atom is -0.453 e. The van der Waals surface area contributed by atoms with Crippen LogP contribution in [0.1, 0.15) is 0 Å². The minimum atomic E-state index is -0.640. The molecular formula is C7H9N3O3S.